The van der Waals surface area contributed by atoms with Crippen molar-refractivity contribution in [3.63, 3.8) is 0 Å². The summed E-state index contributed by atoms with van der Waals surface area (Å²) < 4.78 is 11.2. The summed E-state index contributed by atoms with van der Waals surface area (Å²) in [7, 11) is 0. The van der Waals surface area contributed by atoms with Crippen LogP contribution in [0.15, 0.2) is 10.7 Å². The van der Waals surface area contributed by atoms with E-state index >= 15 is 0 Å². The standard InChI is InChI=1S/C14H25N3O2/c1-3-7-15-10-12-11-19-14(16-12)17-8-5-13(6-9-17)18-4-2/h11,13,15H,3-10H2,1-2H3. The van der Waals surface area contributed by atoms with E-state index in [9.17, 15) is 0 Å². The fourth-order valence-electron chi connectivity index (χ4n) is 2.37. The van der Waals surface area contributed by atoms with Gasteiger partial charge in [-0.3, -0.25) is 0 Å². The molecule has 1 saturated heterocycles. The van der Waals surface area contributed by atoms with Gasteiger partial charge in [0, 0.05) is 26.2 Å². The van der Waals surface area contributed by atoms with Crippen molar-refractivity contribution < 1.29 is 9.15 Å². The summed E-state index contributed by atoms with van der Waals surface area (Å²) >= 11 is 0. The summed E-state index contributed by atoms with van der Waals surface area (Å²) in [5.74, 6) is 0. The molecule has 2 rings (SSSR count). The molecule has 0 unspecified atom stereocenters. The first-order valence-electron chi connectivity index (χ1n) is 7.35. The summed E-state index contributed by atoms with van der Waals surface area (Å²) in [4.78, 5) is 6.74. The molecule has 1 aromatic rings. The van der Waals surface area contributed by atoms with Gasteiger partial charge in [0.1, 0.15) is 6.26 Å². The summed E-state index contributed by atoms with van der Waals surface area (Å²) in [6.07, 6.45) is 5.41. The Hall–Kier alpha value is -1.07. The second-order valence-corrected chi connectivity index (χ2v) is 4.94. The average molecular weight is 267 g/mol. The van der Waals surface area contributed by atoms with Gasteiger partial charge in [0.15, 0.2) is 0 Å². The SMILES string of the molecule is CCCNCc1coc(N2CCC(OCC)CC2)n1. The zero-order chi connectivity index (χ0) is 13.5. The minimum atomic E-state index is 0.405. The topological polar surface area (TPSA) is 50.5 Å². The molecule has 1 N–H and O–H groups in total. The highest BCUT2D eigenvalue weighted by Crippen LogP contribution is 2.20. The number of piperidine rings is 1. The van der Waals surface area contributed by atoms with Gasteiger partial charge in [-0.05, 0) is 32.7 Å². The highest BCUT2D eigenvalue weighted by Gasteiger charge is 2.22. The molecule has 0 bridgehead atoms. The Bertz CT molecular complexity index is 359. The predicted octanol–water partition coefficient (Wildman–Crippen LogP) is 2.18. The fourth-order valence-corrected chi connectivity index (χ4v) is 2.37. The molecule has 19 heavy (non-hydrogen) atoms. The lowest BCUT2D eigenvalue weighted by molar-refractivity contribution is 0.0453. The third-order valence-corrected chi connectivity index (χ3v) is 3.39. The van der Waals surface area contributed by atoms with Crippen molar-refractivity contribution in [2.45, 2.75) is 45.8 Å². The molecule has 1 aliphatic rings. The first-order valence-corrected chi connectivity index (χ1v) is 7.35. The van der Waals surface area contributed by atoms with Crippen molar-refractivity contribution in [3.8, 4) is 0 Å². The van der Waals surface area contributed by atoms with Crippen molar-refractivity contribution in [2.24, 2.45) is 0 Å². The van der Waals surface area contributed by atoms with Crippen LogP contribution in [0.3, 0.4) is 0 Å². The van der Waals surface area contributed by atoms with Crippen LogP contribution in [0, 0.1) is 0 Å². The van der Waals surface area contributed by atoms with Crippen molar-refractivity contribution in [3.05, 3.63) is 12.0 Å². The Morgan fingerprint density at radius 3 is 2.89 bits per heavy atom. The van der Waals surface area contributed by atoms with E-state index in [1.807, 2.05) is 0 Å². The average Bonchev–Trinajstić information content (AvgIpc) is 2.89. The summed E-state index contributed by atoms with van der Waals surface area (Å²) in [6, 6.07) is 0.753. The number of nitrogens with zero attached hydrogens (tertiary/aromatic N) is 2. The van der Waals surface area contributed by atoms with Gasteiger partial charge in [-0.25, -0.2) is 0 Å². The van der Waals surface area contributed by atoms with Crippen LogP contribution in [-0.2, 0) is 11.3 Å². The zero-order valence-corrected chi connectivity index (χ0v) is 12.0. The van der Waals surface area contributed by atoms with E-state index in [0.717, 1.165) is 63.8 Å². The number of aromatic nitrogens is 1. The fraction of sp³-hybridized carbons (Fsp3) is 0.786. The second-order valence-electron chi connectivity index (χ2n) is 4.94. The van der Waals surface area contributed by atoms with Crippen molar-refractivity contribution in [1.29, 1.82) is 0 Å². The molecule has 1 fully saturated rings. The number of hydrogen-bond donors (Lipinski definition) is 1. The van der Waals surface area contributed by atoms with Crippen LogP contribution in [0.4, 0.5) is 6.01 Å². The summed E-state index contributed by atoms with van der Waals surface area (Å²) in [5, 5.41) is 3.33. The monoisotopic (exact) mass is 267 g/mol. The number of anilines is 1. The first kappa shape index (κ1) is 14.3. The zero-order valence-electron chi connectivity index (χ0n) is 12.0. The molecule has 108 valence electrons. The van der Waals surface area contributed by atoms with E-state index in [0.29, 0.717) is 6.10 Å². The van der Waals surface area contributed by atoms with Gasteiger partial charge < -0.3 is 19.4 Å². The first-order chi connectivity index (χ1) is 9.33. The highest BCUT2D eigenvalue weighted by atomic mass is 16.5. The quantitative estimate of drug-likeness (QED) is 0.767. The van der Waals surface area contributed by atoms with Gasteiger partial charge >= 0.3 is 0 Å². The molecule has 0 radical (unpaired) electrons. The van der Waals surface area contributed by atoms with Gasteiger partial charge in [-0.15, -0.1) is 0 Å². The van der Waals surface area contributed by atoms with Gasteiger partial charge in [0.2, 0.25) is 0 Å². The van der Waals surface area contributed by atoms with Crippen LogP contribution in [-0.4, -0.2) is 37.3 Å². The third kappa shape index (κ3) is 4.21. The molecule has 1 aliphatic heterocycles. The maximum absolute atomic E-state index is 5.65. The van der Waals surface area contributed by atoms with Gasteiger partial charge in [-0.1, -0.05) is 6.92 Å². The lowest BCUT2D eigenvalue weighted by Gasteiger charge is -2.30. The van der Waals surface area contributed by atoms with Gasteiger partial charge in [0.05, 0.1) is 11.8 Å². The summed E-state index contributed by atoms with van der Waals surface area (Å²) in [6.45, 7) is 8.74. The second kappa shape index (κ2) is 7.50. The van der Waals surface area contributed by atoms with Crippen LogP contribution >= 0.6 is 0 Å². The molecule has 5 heteroatoms. The van der Waals surface area contributed by atoms with Crippen LogP contribution < -0.4 is 10.2 Å². The number of rotatable bonds is 7. The predicted molar refractivity (Wildman–Crippen MR) is 75.4 cm³/mol. The molecule has 0 amide bonds. The van der Waals surface area contributed by atoms with Crippen molar-refractivity contribution >= 4 is 6.01 Å². The molecular weight excluding hydrogens is 242 g/mol. The molecule has 1 aromatic heterocycles. The molecule has 0 spiro atoms. The van der Waals surface area contributed by atoms with E-state index in [1.165, 1.54) is 0 Å². The van der Waals surface area contributed by atoms with Gasteiger partial charge in [0.25, 0.3) is 6.01 Å². The van der Waals surface area contributed by atoms with Crippen LogP contribution in [0.2, 0.25) is 0 Å². The van der Waals surface area contributed by atoms with Gasteiger partial charge in [-0.2, -0.15) is 4.98 Å². The Kier molecular flexibility index (Phi) is 5.66. The van der Waals surface area contributed by atoms with Crippen molar-refractivity contribution in [1.82, 2.24) is 10.3 Å². The Morgan fingerprint density at radius 1 is 1.42 bits per heavy atom. The molecule has 0 aliphatic carbocycles. The maximum atomic E-state index is 5.65. The maximum Gasteiger partial charge on any atom is 0.297 e. The number of oxazole rings is 1. The Balaban J connectivity index is 1.79. The van der Waals surface area contributed by atoms with Crippen LogP contribution in [0.5, 0.6) is 0 Å². The van der Waals surface area contributed by atoms with E-state index in [1.54, 1.807) is 6.26 Å². The smallest absolute Gasteiger partial charge is 0.297 e. The lowest BCUT2D eigenvalue weighted by atomic mass is 10.1. The van der Waals surface area contributed by atoms with Crippen LogP contribution in [0.1, 0.15) is 38.8 Å². The normalized spacial score (nSPS) is 17.1. The number of hydrogen-bond acceptors (Lipinski definition) is 5. The van der Waals surface area contributed by atoms with E-state index in [-0.39, 0.29) is 0 Å². The Morgan fingerprint density at radius 2 is 2.21 bits per heavy atom. The minimum Gasteiger partial charge on any atom is -0.432 e. The molecular formula is C14H25N3O2. The van der Waals surface area contributed by atoms with Crippen molar-refractivity contribution in [2.75, 3.05) is 31.1 Å². The number of ether oxygens (including phenoxy) is 1. The van der Waals surface area contributed by atoms with E-state index < -0.39 is 0 Å². The molecule has 0 aromatic carbocycles. The number of nitrogens with one attached hydrogen (secondary N) is 1. The Labute approximate surface area is 115 Å². The lowest BCUT2D eigenvalue weighted by Crippen LogP contribution is -2.37. The molecule has 2 heterocycles. The minimum absolute atomic E-state index is 0.405. The van der Waals surface area contributed by atoms with E-state index in [2.05, 4.69) is 29.0 Å². The highest BCUT2D eigenvalue weighted by molar-refractivity contribution is 5.27. The molecule has 5 nitrogen and oxygen atoms in total. The molecule has 0 saturated carbocycles. The van der Waals surface area contributed by atoms with Crippen LogP contribution in [0.25, 0.3) is 0 Å². The van der Waals surface area contributed by atoms with E-state index in [4.69, 9.17) is 9.15 Å². The largest absolute Gasteiger partial charge is 0.432 e. The third-order valence-electron chi connectivity index (χ3n) is 3.39. The molecule has 0 atom stereocenters. The summed E-state index contributed by atoms with van der Waals surface area (Å²) in [5.41, 5.74) is 0.982.